The van der Waals surface area contributed by atoms with E-state index in [0.717, 1.165) is 6.42 Å². The Hall–Kier alpha value is -0.590. The van der Waals surface area contributed by atoms with Gasteiger partial charge in [0.25, 0.3) is 0 Å². The van der Waals surface area contributed by atoms with E-state index in [1.54, 1.807) is 0 Å². The lowest BCUT2D eigenvalue weighted by atomic mass is 10.1. The molecular formula is C8H13F. The Morgan fingerprint density at radius 3 is 2.67 bits per heavy atom. The SMILES string of the molecule is C/C=C\C(C)C/C=C/F. The Labute approximate surface area is 56.1 Å². The van der Waals surface area contributed by atoms with Crippen molar-refractivity contribution in [3.63, 3.8) is 0 Å². The van der Waals surface area contributed by atoms with Crippen molar-refractivity contribution >= 4 is 0 Å². The molecule has 0 aliphatic carbocycles. The summed E-state index contributed by atoms with van der Waals surface area (Å²) < 4.78 is 11.4. The monoisotopic (exact) mass is 128 g/mol. The van der Waals surface area contributed by atoms with Gasteiger partial charge in [0.2, 0.25) is 0 Å². The molecule has 1 atom stereocenters. The molecule has 0 nitrogen and oxygen atoms in total. The van der Waals surface area contributed by atoms with Crippen LogP contribution in [0.15, 0.2) is 24.6 Å². The van der Waals surface area contributed by atoms with E-state index >= 15 is 0 Å². The molecule has 0 aromatic heterocycles. The summed E-state index contributed by atoms with van der Waals surface area (Å²) in [5.74, 6) is 0.460. The number of halogens is 1. The van der Waals surface area contributed by atoms with Crippen LogP contribution in [0.2, 0.25) is 0 Å². The van der Waals surface area contributed by atoms with E-state index in [2.05, 4.69) is 13.0 Å². The van der Waals surface area contributed by atoms with Crippen LogP contribution in [0.25, 0.3) is 0 Å². The topological polar surface area (TPSA) is 0 Å². The summed E-state index contributed by atoms with van der Waals surface area (Å²) in [4.78, 5) is 0. The van der Waals surface area contributed by atoms with Gasteiger partial charge < -0.3 is 0 Å². The lowest BCUT2D eigenvalue weighted by Crippen LogP contribution is -1.83. The fourth-order valence-electron chi connectivity index (χ4n) is 0.673. The summed E-state index contributed by atoms with van der Waals surface area (Å²) >= 11 is 0. The first-order chi connectivity index (χ1) is 4.31. The van der Waals surface area contributed by atoms with Crippen LogP contribution < -0.4 is 0 Å². The average Bonchev–Trinajstić information content (AvgIpc) is 1.85. The Morgan fingerprint density at radius 1 is 1.56 bits per heavy atom. The first kappa shape index (κ1) is 8.41. The van der Waals surface area contributed by atoms with Crippen molar-refractivity contribution in [2.45, 2.75) is 20.3 Å². The molecule has 52 valence electrons. The summed E-state index contributed by atoms with van der Waals surface area (Å²) in [6.07, 6.45) is 6.96. The van der Waals surface area contributed by atoms with Crippen molar-refractivity contribution in [1.29, 1.82) is 0 Å². The predicted octanol–water partition coefficient (Wildman–Crippen LogP) is 3.07. The Balaban J connectivity index is 3.37. The van der Waals surface area contributed by atoms with Gasteiger partial charge >= 0.3 is 0 Å². The van der Waals surface area contributed by atoms with Crippen LogP contribution in [0.4, 0.5) is 4.39 Å². The van der Waals surface area contributed by atoms with Crippen molar-refractivity contribution < 1.29 is 4.39 Å². The summed E-state index contributed by atoms with van der Waals surface area (Å²) in [6.45, 7) is 4.02. The highest BCUT2D eigenvalue weighted by Crippen LogP contribution is 2.03. The normalized spacial score (nSPS) is 15.4. The van der Waals surface area contributed by atoms with Gasteiger partial charge in [0.15, 0.2) is 0 Å². The molecule has 0 aromatic rings. The van der Waals surface area contributed by atoms with Crippen LogP contribution in [0.5, 0.6) is 0 Å². The predicted molar refractivity (Wildman–Crippen MR) is 38.8 cm³/mol. The lowest BCUT2D eigenvalue weighted by Gasteiger charge is -1.97. The van der Waals surface area contributed by atoms with Crippen molar-refractivity contribution in [2.75, 3.05) is 0 Å². The highest BCUT2D eigenvalue weighted by Gasteiger charge is 1.89. The summed E-state index contributed by atoms with van der Waals surface area (Å²) in [7, 11) is 0. The molecule has 1 heteroatoms. The highest BCUT2D eigenvalue weighted by molar-refractivity contribution is 4.87. The van der Waals surface area contributed by atoms with Gasteiger partial charge in [-0.05, 0) is 19.3 Å². The summed E-state index contributed by atoms with van der Waals surface area (Å²) in [5.41, 5.74) is 0. The molecule has 0 aliphatic heterocycles. The second-order valence-electron chi connectivity index (χ2n) is 2.10. The van der Waals surface area contributed by atoms with Crippen LogP contribution >= 0.6 is 0 Å². The molecule has 0 bridgehead atoms. The zero-order valence-electron chi connectivity index (χ0n) is 5.97. The average molecular weight is 128 g/mol. The molecule has 0 heterocycles. The maximum Gasteiger partial charge on any atom is 0.0827 e. The minimum absolute atomic E-state index is 0.460. The van der Waals surface area contributed by atoms with E-state index in [0.29, 0.717) is 12.2 Å². The molecule has 1 unspecified atom stereocenters. The van der Waals surface area contributed by atoms with Crippen molar-refractivity contribution in [1.82, 2.24) is 0 Å². The first-order valence-electron chi connectivity index (χ1n) is 3.19. The maximum atomic E-state index is 11.4. The van der Waals surface area contributed by atoms with Gasteiger partial charge in [-0.3, -0.25) is 0 Å². The zero-order chi connectivity index (χ0) is 7.11. The molecule has 0 fully saturated rings. The Kier molecular flexibility index (Phi) is 5.18. The highest BCUT2D eigenvalue weighted by atomic mass is 19.1. The van der Waals surface area contributed by atoms with E-state index in [1.807, 2.05) is 13.0 Å². The number of hydrogen-bond acceptors (Lipinski definition) is 0. The molecule has 0 aromatic carbocycles. The minimum Gasteiger partial charge on any atom is -0.216 e. The van der Waals surface area contributed by atoms with Crippen molar-refractivity contribution in [2.24, 2.45) is 5.92 Å². The maximum absolute atomic E-state index is 11.4. The fraction of sp³-hybridized carbons (Fsp3) is 0.500. The van der Waals surface area contributed by atoms with Gasteiger partial charge in [0.05, 0.1) is 6.33 Å². The molecule has 0 radical (unpaired) electrons. The third kappa shape index (κ3) is 5.28. The van der Waals surface area contributed by atoms with Gasteiger partial charge in [0, 0.05) is 0 Å². The van der Waals surface area contributed by atoms with Crippen molar-refractivity contribution in [3.8, 4) is 0 Å². The van der Waals surface area contributed by atoms with E-state index in [4.69, 9.17) is 0 Å². The second kappa shape index (κ2) is 5.54. The molecule has 0 N–H and O–H groups in total. The van der Waals surface area contributed by atoms with Crippen LogP contribution in [-0.2, 0) is 0 Å². The quantitative estimate of drug-likeness (QED) is 0.512. The van der Waals surface area contributed by atoms with E-state index in [9.17, 15) is 4.39 Å². The molecule has 0 amide bonds. The van der Waals surface area contributed by atoms with Crippen molar-refractivity contribution in [3.05, 3.63) is 24.6 Å². The standard InChI is InChI=1S/C8H13F/c1-3-5-8(2)6-4-7-9/h3-5,7-8H,6H2,1-2H3/b5-3-,7-4+. The zero-order valence-corrected chi connectivity index (χ0v) is 5.97. The van der Waals surface area contributed by atoms with Crippen LogP contribution in [0.3, 0.4) is 0 Å². The Bertz CT molecular complexity index is 103. The van der Waals surface area contributed by atoms with E-state index < -0.39 is 0 Å². The Morgan fingerprint density at radius 2 is 2.22 bits per heavy atom. The largest absolute Gasteiger partial charge is 0.216 e. The van der Waals surface area contributed by atoms with E-state index in [1.165, 1.54) is 6.08 Å². The smallest absolute Gasteiger partial charge is 0.0827 e. The molecule has 0 aliphatic rings. The summed E-state index contributed by atoms with van der Waals surface area (Å²) in [5, 5.41) is 0. The van der Waals surface area contributed by atoms with Gasteiger partial charge in [-0.2, -0.15) is 0 Å². The summed E-state index contributed by atoms with van der Waals surface area (Å²) in [6, 6.07) is 0. The van der Waals surface area contributed by atoms with Gasteiger partial charge in [0.1, 0.15) is 0 Å². The molecule has 0 rings (SSSR count). The number of allylic oxidation sites excluding steroid dienone is 3. The second-order valence-corrected chi connectivity index (χ2v) is 2.10. The molecular weight excluding hydrogens is 115 g/mol. The third-order valence-corrected chi connectivity index (χ3v) is 1.12. The van der Waals surface area contributed by atoms with Gasteiger partial charge in [-0.1, -0.05) is 25.2 Å². The third-order valence-electron chi connectivity index (χ3n) is 1.12. The first-order valence-corrected chi connectivity index (χ1v) is 3.19. The van der Waals surface area contributed by atoms with E-state index in [-0.39, 0.29) is 0 Å². The van der Waals surface area contributed by atoms with Gasteiger partial charge in [-0.25, -0.2) is 4.39 Å². The molecule has 0 saturated carbocycles. The fourth-order valence-corrected chi connectivity index (χ4v) is 0.673. The minimum atomic E-state index is 0.460. The number of hydrogen-bond donors (Lipinski definition) is 0. The molecule has 9 heavy (non-hydrogen) atoms. The van der Waals surface area contributed by atoms with Crippen LogP contribution in [0, 0.1) is 5.92 Å². The molecule has 0 saturated heterocycles. The number of rotatable bonds is 3. The molecule has 0 spiro atoms. The lowest BCUT2D eigenvalue weighted by molar-refractivity contribution is 0.688. The van der Waals surface area contributed by atoms with Crippen LogP contribution in [0.1, 0.15) is 20.3 Å². The van der Waals surface area contributed by atoms with Crippen LogP contribution in [-0.4, -0.2) is 0 Å². The van der Waals surface area contributed by atoms with Gasteiger partial charge in [-0.15, -0.1) is 0 Å².